The summed E-state index contributed by atoms with van der Waals surface area (Å²) in [5.41, 5.74) is 1.06. The van der Waals surface area contributed by atoms with Gasteiger partial charge in [0.2, 0.25) is 0 Å². The van der Waals surface area contributed by atoms with Gasteiger partial charge in [0.05, 0.1) is 0 Å². The lowest BCUT2D eigenvalue weighted by Gasteiger charge is -2.32. The van der Waals surface area contributed by atoms with Crippen LogP contribution in [0.1, 0.15) is 38.5 Å². The third-order valence-corrected chi connectivity index (χ3v) is 6.28. The number of nitrogens with one attached hydrogen (secondary N) is 3. The Balaban J connectivity index is 1.32. The standard InChI is InChI=1S/C22H25F2N7O/c23-17-9-18(24)21(30-19(17)15-11-26-20-16(15)10-25-12-27-20)28-13-4-3-5-14(8-13)29-22(32)31-6-1-2-7-31/h9-14H,1-8H2,(H,28,30)(H,29,32)(H,25,26,27)/t13-,14+/m1/s1. The van der Waals surface area contributed by atoms with Crippen LogP contribution in [-0.4, -0.2) is 56.0 Å². The molecule has 2 fully saturated rings. The van der Waals surface area contributed by atoms with Crippen LogP contribution in [0.4, 0.5) is 19.4 Å². The first kappa shape index (κ1) is 20.6. The molecular weight excluding hydrogens is 416 g/mol. The zero-order valence-corrected chi connectivity index (χ0v) is 17.6. The number of fused-ring (bicyclic) bond motifs is 1. The fraction of sp³-hybridized carbons (Fsp3) is 0.455. The van der Waals surface area contributed by atoms with Crippen LogP contribution in [0, 0.1) is 11.6 Å². The van der Waals surface area contributed by atoms with E-state index in [-0.39, 0.29) is 29.6 Å². The summed E-state index contributed by atoms with van der Waals surface area (Å²) < 4.78 is 29.2. The first-order chi connectivity index (χ1) is 15.6. The molecule has 3 aromatic rings. The molecule has 0 spiro atoms. The number of hydrogen-bond donors (Lipinski definition) is 3. The number of anilines is 1. The quantitative estimate of drug-likeness (QED) is 0.572. The van der Waals surface area contributed by atoms with Crippen molar-refractivity contribution in [1.29, 1.82) is 0 Å². The van der Waals surface area contributed by atoms with Crippen LogP contribution in [0.3, 0.4) is 0 Å². The largest absolute Gasteiger partial charge is 0.365 e. The van der Waals surface area contributed by atoms with Crippen molar-refractivity contribution < 1.29 is 13.6 Å². The number of aromatic nitrogens is 4. The number of carbonyl (C=O) groups excluding carboxylic acids is 1. The van der Waals surface area contributed by atoms with E-state index < -0.39 is 11.6 Å². The lowest BCUT2D eigenvalue weighted by Crippen LogP contribution is -2.47. The molecule has 168 valence electrons. The summed E-state index contributed by atoms with van der Waals surface area (Å²) in [4.78, 5) is 29.6. The Morgan fingerprint density at radius 1 is 1.12 bits per heavy atom. The number of halogens is 2. The summed E-state index contributed by atoms with van der Waals surface area (Å²) in [6, 6.07) is 0.772. The van der Waals surface area contributed by atoms with Crippen molar-refractivity contribution in [2.24, 2.45) is 0 Å². The highest BCUT2D eigenvalue weighted by Gasteiger charge is 2.27. The smallest absolute Gasteiger partial charge is 0.317 e. The normalized spacial score (nSPS) is 21.1. The van der Waals surface area contributed by atoms with Gasteiger partial charge in [0.1, 0.15) is 17.7 Å². The molecule has 4 heterocycles. The third kappa shape index (κ3) is 4.09. The first-order valence-corrected chi connectivity index (χ1v) is 11.0. The molecule has 3 aromatic heterocycles. The van der Waals surface area contributed by atoms with Crippen molar-refractivity contribution in [3.63, 3.8) is 0 Å². The molecule has 8 nitrogen and oxygen atoms in total. The Morgan fingerprint density at radius 2 is 1.94 bits per heavy atom. The molecule has 0 radical (unpaired) electrons. The Bertz CT molecular complexity index is 1130. The van der Waals surface area contributed by atoms with E-state index >= 15 is 0 Å². The van der Waals surface area contributed by atoms with Gasteiger partial charge in [-0.1, -0.05) is 0 Å². The molecule has 2 amide bonds. The van der Waals surface area contributed by atoms with Gasteiger partial charge in [0.25, 0.3) is 0 Å². The van der Waals surface area contributed by atoms with E-state index in [1.54, 1.807) is 12.4 Å². The number of nitrogens with zero attached hydrogens (tertiary/aromatic N) is 4. The van der Waals surface area contributed by atoms with Crippen LogP contribution < -0.4 is 10.6 Å². The number of aromatic amines is 1. The van der Waals surface area contributed by atoms with Crippen molar-refractivity contribution in [3.05, 3.63) is 36.4 Å². The molecule has 1 aliphatic heterocycles. The predicted octanol–water partition coefficient (Wildman–Crippen LogP) is 3.83. The monoisotopic (exact) mass is 441 g/mol. The van der Waals surface area contributed by atoms with Crippen molar-refractivity contribution in [2.45, 2.75) is 50.6 Å². The van der Waals surface area contributed by atoms with Crippen molar-refractivity contribution in [1.82, 2.24) is 30.2 Å². The van der Waals surface area contributed by atoms with E-state index in [2.05, 4.69) is 30.6 Å². The summed E-state index contributed by atoms with van der Waals surface area (Å²) >= 11 is 0. The summed E-state index contributed by atoms with van der Waals surface area (Å²) in [6.45, 7) is 1.60. The second-order valence-corrected chi connectivity index (χ2v) is 8.49. The van der Waals surface area contributed by atoms with Gasteiger partial charge in [-0.25, -0.2) is 28.5 Å². The molecule has 0 bridgehead atoms. The fourth-order valence-corrected chi connectivity index (χ4v) is 4.64. The minimum atomic E-state index is -0.753. The zero-order valence-electron chi connectivity index (χ0n) is 17.6. The van der Waals surface area contributed by atoms with E-state index in [4.69, 9.17) is 0 Å². The highest BCUT2D eigenvalue weighted by molar-refractivity contribution is 5.92. The number of carbonyl (C=O) groups is 1. The first-order valence-electron chi connectivity index (χ1n) is 11.0. The fourth-order valence-electron chi connectivity index (χ4n) is 4.64. The van der Waals surface area contributed by atoms with Crippen LogP contribution in [0.2, 0.25) is 0 Å². The summed E-state index contributed by atoms with van der Waals surface area (Å²) in [5.74, 6) is -1.49. The van der Waals surface area contributed by atoms with Crippen LogP contribution in [0.5, 0.6) is 0 Å². The van der Waals surface area contributed by atoms with Gasteiger partial charge < -0.3 is 20.5 Å². The van der Waals surface area contributed by atoms with E-state index in [0.29, 0.717) is 23.0 Å². The van der Waals surface area contributed by atoms with Gasteiger partial charge in [0, 0.05) is 54.6 Å². The Hall–Kier alpha value is -3.30. The summed E-state index contributed by atoms with van der Waals surface area (Å²) in [5, 5.41) is 6.86. The molecule has 0 unspecified atom stereocenters. The SMILES string of the molecule is O=C(N[C@H]1CCC[C@@H](Nc2nc(-c3c[nH]c4ncncc34)c(F)cc2F)C1)N1CCCC1. The average Bonchev–Trinajstić information content (AvgIpc) is 3.46. The molecule has 32 heavy (non-hydrogen) atoms. The second kappa shape index (κ2) is 8.68. The van der Waals surface area contributed by atoms with Crippen molar-refractivity contribution >= 4 is 22.9 Å². The predicted molar refractivity (Wildman–Crippen MR) is 116 cm³/mol. The second-order valence-electron chi connectivity index (χ2n) is 8.49. The maximum Gasteiger partial charge on any atom is 0.317 e. The van der Waals surface area contributed by atoms with Crippen LogP contribution >= 0.6 is 0 Å². The average molecular weight is 441 g/mol. The molecule has 1 saturated heterocycles. The van der Waals surface area contributed by atoms with E-state index in [1.165, 1.54) is 6.33 Å². The van der Waals surface area contributed by atoms with E-state index in [9.17, 15) is 13.6 Å². The maximum absolute atomic E-state index is 14.6. The van der Waals surface area contributed by atoms with Crippen LogP contribution in [0.25, 0.3) is 22.3 Å². The Labute approximate surface area is 183 Å². The Morgan fingerprint density at radius 3 is 2.78 bits per heavy atom. The van der Waals surface area contributed by atoms with Gasteiger partial charge in [-0.05, 0) is 38.5 Å². The third-order valence-electron chi connectivity index (χ3n) is 6.28. The van der Waals surface area contributed by atoms with Gasteiger partial charge in [-0.15, -0.1) is 0 Å². The van der Waals surface area contributed by atoms with Gasteiger partial charge in [-0.3, -0.25) is 0 Å². The number of hydrogen-bond acceptors (Lipinski definition) is 5. The minimum Gasteiger partial charge on any atom is -0.365 e. The van der Waals surface area contributed by atoms with Crippen molar-refractivity contribution in [2.75, 3.05) is 18.4 Å². The molecule has 3 N–H and O–H groups in total. The van der Waals surface area contributed by atoms with Gasteiger partial charge in [-0.2, -0.15) is 0 Å². The van der Waals surface area contributed by atoms with Crippen molar-refractivity contribution in [3.8, 4) is 11.3 Å². The lowest BCUT2D eigenvalue weighted by atomic mass is 9.91. The number of amides is 2. The molecule has 2 aliphatic rings. The lowest BCUT2D eigenvalue weighted by molar-refractivity contribution is 0.199. The molecule has 1 aliphatic carbocycles. The molecule has 2 atom stereocenters. The van der Waals surface area contributed by atoms with Gasteiger partial charge in [0.15, 0.2) is 17.5 Å². The molecule has 10 heteroatoms. The van der Waals surface area contributed by atoms with E-state index in [0.717, 1.165) is 51.3 Å². The highest BCUT2D eigenvalue weighted by Crippen LogP contribution is 2.31. The van der Waals surface area contributed by atoms with Crippen LogP contribution in [0.15, 0.2) is 24.8 Å². The molecule has 0 aromatic carbocycles. The molecular formula is C22H25F2N7O. The Kier molecular flexibility index (Phi) is 5.59. The highest BCUT2D eigenvalue weighted by atomic mass is 19.1. The number of urea groups is 1. The zero-order chi connectivity index (χ0) is 22.1. The molecule has 5 rings (SSSR count). The summed E-state index contributed by atoms with van der Waals surface area (Å²) in [7, 11) is 0. The van der Waals surface area contributed by atoms with E-state index in [1.807, 2.05) is 4.90 Å². The molecule has 1 saturated carbocycles. The topological polar surface area (TPSA) is 98.8 Å². The van der Waals surface area contributed by atoms with Crippen LogP contribution in [-0.2, 0) is 0 Å². The number of H-pyrrole nitrogens is 1. The number of pyridine rings is 1. The number of likely N-dealkylation sites (tertiary alicyclic amines) is 1. The minimum absolute atomic E-state index is 0.00381. The maximum atomic E-state index is 14.6. The van der Waals surface area contributed by atoms with Gasteiger partial charge >= 0.3 is 6.03 Å². The number of rotatable bonds is 4. The summed E-state index contributed by atoms with van der Waals surface area (Å²) in [6.07, 6.45) is 9.92.